The van der Waals surface area contributed by atoms with Crippen LogP contribution in [0, 0.1) is 0 Å². The van der Waals surface area contributed by atoms with Crippen molar-refractivity contribution in [2.45, 2.75) is 6.18 Å². The second kappa shape index (κ2) is 6.46. The first kappa shape index (κ1) is 16.5. The summed E-state index contributed by atoms with van der Waals surface area (Å²) < 4.78 is 45.6. The molecule has 0 aliphatic carbocycles. The number of benzene rings is 1. The first-order valence-electron chi connectivity index (χ1n) is 6.17. The number of hydrogen-bond acceptors (Lipinski definition) is 6. The maximum atomic E-state index is 12.4. The van der Waals surface area contributed by atoms with Crippen molar-refractivity contribution < 1.29 is 32.0 Å². The number of hydrogen-bond donors (Lipinski definition) is 1. The summed E-state index contributed by atoms with van der Waals surface area (Å²) in [6, 6.07) is 5.42. The van der Waals surface area contributed by atoms with Gasteiger partial charge in [0.05, 0.1) is 7.11 Å². The minimum atomic E-state index is -4.72. The Labute approximate surface area is 127 Å². The predicted molar refractivity (Wildman–Crippen MR) is 69.1 cm³/mol. The van der Waals surface area contributed by atoms with Gasteiger partial charge in [0.2, 0.25) is 5.82 Å². The van der Waals surface area contributed by atoms with E-state index in [0.29, 0.717) is 0 Å². The molecular formula is C13H10F3N3O4. The number of carbonyl (C=O) groups is 2. The van der Waals surface area contributed by atoms with E-state index in [9.17, 15) is 22.8 Å². The Kier molecular flexibility index (Phi) is 4.63. The van der Waals surface area contributed by atoms with Crippen LogP contribution in [0.5, 0.6) is 0 Å². The van der Waals surface area contributed by atoms with E-state index >= 15 is 0 Å². The van der Waals surface area contributed by atoms with Crippen LogP contribution in [0.2, 0.25) is 0 Å². The molecule has 122 valence electrons. The molecular weight excluding hydrogens is 319 g/mol. The van der Waals surface area contributed by atoms with Crippen LogP contribution in [0.1, 0.15) is 16.2 Å². The molecule has 7 nitrogen and oxygen atoms in total. The molecule has 1 amide bonds. The maximum absolute atomic E-state index is 12.4. The number of methoxy groups -OCH3 is 1. The molecule has 2 rings (SSSR count). The number of aromatic nitrogens is 2. The summed E-state index contributed by atoms with van der Waals surface area (Å²) in [5.41, 5.74) is 0.450. The van der Waals surface area contributed by atoms with E-state index in [1.165, 1.54) is 31.4 Å². The third-order valence-corrected chi connectivity index (χ3v) is 2.69. The fraction of sp³-hybridized carbons (Fsp3) is 0.231. The molecule has 1 aromatic heterocycles. The summed E-state index contributed by atoms with van der Waals surface area (Å²) >= 11 is 0. The molecule has 2 aromatic rings. The Bertz CT molecular complexity index is 710. The Morgan fingerprint density at radius 3 is 2.43 bits per heavy atom. The molecule has 0 radical (unpaired) electrons. The summed E-state index contributed by atoms with van der Waals surface area (Å²) in [7, 11) is 1.18. The first-order valence-corrected chi connectivity index (χ1v) is 6.17. The average molecular weight is 329 g/mol. The van der Waals surface area contributed by atoms with Gasteiger partial charge in [-0.15, -0.1) is 0 Å². The van der Waals surface area contributed by atoms with E-state index in [-0.39, 0.29) is 23.5 Å². The summed E-state index contributed by atoms with van der Waals surface area (Å²) in [5, 5.41) is 5.55. The SMILES string of the molecule is COC(=O)CNC(=O)c1ccc(-c2noc(C(F)(F)F)n2)cc1. The molecule has 0 unspecified atom stereocenters. The number of nitrogens with zero attached hydrogens (tertiary/aromatic N) is 2. The van der Waals surface area contributed by atoms with Crippen molar-refractivity contribution in [1.82, 2.24) is 15.5 Å². The van der Waals surface area contributed by atoms with Crippen LogP contribution in [0.4, 0.5) is 13.2 Å². The number of halogens is 3. The van der Waals surface area contributed by atoms with Gasteiger partial charge < -0.3 is 14.6 Å². The summed E-state index contributed by atoms with van der Waals surface area (Å²) in [6.07, 6.45) is -4.72. The second-order valence-electron chi connectivity index (χ2n) is 4.26. The standard InChI is InChI=1S/C13H10F3N3O4/c1-22-9(20)6-17-11(21)8-4-2-7(3-5-8)10-18-12(23-19-10)13(14,15)16/h2-5H,6H2,1H3,(H,17,21). The van der Waals surface area contributed by atoms with Crippen LogP contribution in [0.3, 0.4) is 0 Å². The Balaban J connectivity index is 2.09. The quantitative estimate of drug-likeness (QED) is 0.857. The van der Waals surface area contributed by atoms with Crippen LogP contribution in [-0.4, -0.2) is 35.7 Å². The Morgan fingerprint density at radius 2 is 1.91 bits per heavy atom. The van der Waals surface area contributed by atoms with Crippen molar-refractivity contribution in [3.8, 4) is 11.4 Å². The molecule has 0 atom stereocenters. The van der Waals surface area contributed by atoms with Crippen LogP contribution in [-0.2, 0) is 15.7 Å². The molecule has 0 spiro atoms. The van der Waals surface area contributed by atoms with E-state index in [1.807, 2.05) is 0 Å². The molecule has 0 saturated carbocycles. The van der Waals surface area contributed by atoms with Gasteiger partial charge in [-0.2, -0.15) is 18.2 Å². The van der Waals surface area contributed by atoms with Gasteiger partial charge in [-0.1, -0.05) is 17.3 Å². The Hall–Kier alpha value is -2.91. The molecule has 0 bridgehead atoms. The van der Waals surface area contributed by atoms with Gasteiger partial charge in [-0.3, -0.25) is 9.59 Å². The highest BCUT2D eigenvalue weighted by Crippen LogP contribution is 2.29. The zero-order chi connectivity index (χ0) is 17.0. The fourth-order valence-electron chi connectivity index (χ4n) is 1.55. The van der Waals surface area contributed by atoms with E-state index in [1.54, 1.807) is 0 Å². The average Bonchev–Trinajstić information content (AvgIpc) is 3.02. The van der Waals surface area contributed by atoms with E-state index in [4.69, 9.17) is 0 Å². The lowest BCUT2D eigenvalue weighted by Crippen LogP contribution is -2.30. The molecule has 0 aliphatic rings. The number of carbonyl (C=O) groups excluding carboxylic acids is 2. The monoisotopic (exact) mass is 329 g/mol. The van der Waals surface area contributed by atoms with Crippen LogP contribution >= 0.6 is 0 Å². The number of nitrogens with one attached hydrogen (secondary N) is 1. The highest BCUT2D eigenvalue weighted by atomic mass is 19.4. The summed E-state index contributed by atoms with van der Waals surface area (Å²) in [6.45, 7) is -0.295. The van der Waals surface area contributed by atoms with Crippen LogP contribution in [0.25, 0.3) is 11.4 Å². The van der Waals surface area contributed by atoms with Gasteiger partial charge in [-0.25, -0.2) is 0 Å². The van der Waals surface area contributed by atoms with Crippen molar-refractivity contribution in [2.24, 2.45) is 0 Å². The van der Waals surface area contributed by atoms with E-state index in [2.05, 4.69) is 24.7 Å². The first-order chi connectivity index (χ1) is 10.8. The highest BCUT2D eigenvalue weighted by Gasteiger charge is 2.38. The van der Waals surface area contributed by atoms with Gasteiger partial charge in [0.25, 0.3) is 5.91 Å². The molecule has 1 heterocycles. The number of esters is 1. The van der Waals surface area contributed by atoms with Gasteiger partial charge in [0.1, 0.15) is 6.54 Å². The van der Waals surface area contributed by atoms with Crippen LogP contribution in [0.15, 0.2) is 28.8 Å². The van der Waals surface area contributed by atoms with E-state index < -0.39 is 23.9 Å². The largest absolute Gasteiger partial charge is 0.471 e. The zero-order valence-electron chi connectivity index (χ0n) is 11.7. The van der Waals surface area contributed by atoms with Gasteiger partial charge >= 0.3 is 18.0 Å². The molecule has 0 saturated heterocycles. The predicted octanol–water partition coefficient (Wildman–Crippen LogP) is 1.66. The molecule has 1 aromatic carbocycles. The lowest BCUT2D eigenvalue weighted by atomic mass is 10.1. The molecule has 1 N–H and O–H groups in total. The van der Waals surface area contributed by atoms with Gasteiger partial charge in [0.15, 0.2) is 0 Å². The van der Waals surface area contributed by atoms with Crippen molar-refractivity contribution in [3.63, 3.8) is 0 Å². The van der Waals surface area contributed by atoms with Crippen molar-refractivity contribution in [2.75, 3.05) is 13.7 Å². The summed E-state index contributed by atoms with van der Waals surface area (Å²) in [4.78, 5) is 25.9. The lowest BCUT2D eigenvalue weighted by Gasteiger charge is -2.04. The lowest BCUT2D eigenvalue weighted by molar-refractivity contribution is -0.159. The maximum Gasteiger partial charge on any atom is 0.471 e. The van der Waals surface area contributed by atoms with Crippen LogP contribution < -0.4 is 5.32 Å². The second-order valence-corrected chi connectivity index (χ2v) is 4.26. The number of ether oxygens (including phenoxy) is 1. The smallest absolute Gasteiger partial charge is 0.468 e. The van der Waals surface area contributed by atoms with Gasteiger partial charge in [-0.05, 0) is 12.1 Å². The van der Waals surface area contributed by atoms with Crippen molar-refractivity contribution in [1.29, 1.82) is 0 Å². The zero-order valence-corrected chi connectivity index (χ0v) is 11.7. The number of amides is 1. The normalized spacial score (nSPS) is 11.1. The van der Waals surface area contributed by atoms with Crippen molar-refractivity contribution >= 4 is 11.9 Å². The molecule has 23 heavy (non-hydrogen) atoms. The molecule has 0 fully saturated rings. The summed E-state index contributed by atoms with van der Waals surface area (Å²) in [5.74, 6) is -2.85. The van der Waals surface area contributed by atoms with Crippen molar-refractivity contribution in [3.05, 3.63) is 35.7 Å². The molecule has 10 heteroatoms. The van der Waals surface area contributed by atoms with Gasteiger partial charge in [0, 0.05) is 11.1 Å². The van der Waals surface area contributed by atoms with E-state index in [0.717, 1.165) is 0 Å². The number of alkyl halides is 3. The minimum Gasteiger partial charge on any atom is -0.468 e. The minimum absolute atomic E-state index is 0.206. The number of rotatable bonds is 4. The topological polar surface area (TPSA) is 94.3 Å². The fourth-order valence-corrected chi connectivity index (χ4v) is 1.55. The highest BCUT2D eigenvalue weighted by molar-refractivity contribution is 5.96. The third kappa shape index (κ3) is 4.05. The Morgan fingerprint density at radius 1 is 1.26 bits per heavy atom. The molecule has 0 aliphatic heterocycles. The third-order valence-electron chi connectivity index (χ3n) is 2.69.